The molecule has 0 aliphatic heterocycles. The van der Waals surface area contributed by atoms with E-state index in [1.165, 1.54) is 5.56 Å². The molecule has 0 saturated heterocycles. The summed E-state index contributed by atoms with van der Waals surface area (Å²) >= 11 is 0. The quantitative estimate of drug-likeness (QED) is 0.801. The number of aliphatic hydroxyl groups excluding tert-OH is 1. The molecule has 3 nitrogen and oxygen atoms in total. The fourth-order valence-electron chi connectivity index (χ4n) is 2.27. The molecule has 0 bridgehead atoms. The molecule has 0 aliphatic carbocycles. The number of rotatable bonds is 7. The smallest absolute Gasteiger partial charge is 0.124 e. The lowest BCUT2D eigenvalue weighted by atomic mass is 9.95. The topological polar surface area (TPSA) is 41.5 Å². The lowest BCUT2D eigenvalue weighted by Crippen LogP contribution is -2.38. The van der Waals surface area contributed by atoms with Crippen LogP contribution in [0.1, 0.15) is 64.2 Å². The van der Waals surface area contributed by atoms with Crippen LogP contribution in [0.5, 0.6) is 5.75 Å². The van der Waals surface area contributed by atoms with E-state index in [2.05, 4.69) is 45.1 Å². The summed E-state index contributed by atoms with van der Waals surface area (Å²) in [5.74, 6) is 1.18. The van der Waals surface area contributed by atoms with Gasteiger partial charge in [-0.3, -0.25) is 0 Å². The average molecular weight is 279 g/mol. The third kappa shape index (κ3) is 4.22. The minimum atomic E-state index is -0.572. The average Bonchev–Trinajstić information content (AvgIpc) is 2.45. The lowest BCUT2D eigenvalue weighted by molar-refractivity contribution is 0.127. The normalized spacial score (nSPS) is 16.0. The van der Waals surface area contributed by atoms with Crippen LogP contribution in [0.15, 0.2) is 18.2 Å². The third-order valence-corrected chi connectivity index (χ3v) is 3.87. The first-order chi connectivity index (χ1) is 9.40. The van der Waals surface area contributed by atoms with Gasteiger partial charge in [-0.2, -0.15) is 0 Å². The van der Waals surface area contributed by atoms with Gasteiger partial charge in [-0.05, 0) is 43.9 Å². The van der Waals surface area contributed by atoms with E-state index in [1.54, 1.807) is 7.11 Å². The molecule has 0 aliphatic rings. The highest BCUT2D eigenvalue weighted by molar-refractivity contribution is 5.40. The van der Waals surface area contributed by atoms with Gasteiger partial charge in [0.05, 0.1) is 13.2 Å². The molecule has 20 heavy (non-hydrogen) atoms. The predicted octanol–water partition coefficient (Wildman–Crippen LogP) is 3.63. The van der Waals surface area contributed by atoms with Crippen molar-refractivity contribution in [2.45, 2.75) is 65.1 Å². The van der Waals surface area contributed by atoms with E-state index in [0.717, 1.165) is 17.7 Å². The maximum atomic E-state index is 10.6. The molecule has 0 radical (unpaired) electrons. The molecule has 3 atom stereocenters. The predicted molar refractivity (Wildman–Crippen MR) is 84.4 cm³/mol. The molecule has 0 heterocycles. The monoisotopic (exact) mass is 279 g/mol. The highest BCUT2D eigenvalue weighted by Gasteiger charge is 2.21. The van der Waals surface area contributed by atoms with E-state index < -0.39 is 6.10 Å². The summed E-state index contributed by atoms with van der Waals surface area (Å²) in [6, 6.07) is 6.44. The number of ether oxygens (including phenoxy) is 1. The maximum Gasteiger partial charge on any atom is 0.124 e. The fourth-order valence-corrected chi connectivity index (χ4v) is 2.27. The van der Waals surface area contributed by atoms with Crippen molar-refractivity contribution in [2.24, 2.45) is 0 Å². The van der Waals surface area contributed by atoms with Crippen LogP contribution >= 0.6 is 0 Å². The Hall–Kier alpha value is -1.06. The zero-order valence-electron chi connectivity index (χ0n) is 13.6. The van der Waals surface area contributed by atoms with Gasteiger partial charge in [0.15, 0.2) is 0 Å². The molecule has 1 aromatic rings. The second-order valence-corrected chi connectivity index (χ2v) is 5.87. The van der Waals surface area contributed by atoms with Crippen molar-refractivity contribution in [3.05, 3.63) is 29.3 Å². The molecule has 0 saturated carbocycles. The van der Waals surface area contributed by atoms with Gasteiger partial charge >= 0.3 is 0 Å². The van der Waals surface area contributed by atoms with Gasteiger partial charge in [0.1, 0.15) is 5.75 Å². The molecular weight excluding hydrogens is 250 g/mol. The zero-order valence-corrected chi connectivity index (χ0v) is 13.6. The van der Waals surface area contributed by atoms with E-state index in [-0.39, 0.29) is 6.04 Å². The summed E-state index contributed by atoms with van der Waals surface area (Å²) in [6.45, 7) is 10.6. The summed E-state index contributed by atoms with van der Waals surface area (Å²) < 4.78 is 5.39. The number of hydrogen-bond donors (Lipinski definition) is 2. The minimum absolute atomic E-state index is 0.0127. The van der Waals surface area contributed by atoms with E-state index in [9.17, 15) is 5.11 Å². The van der Waals surface area contributed by atoms with Gasteiger partial charge in [-0.1, -0.05) is 26.8 Å². The van der Waals surface area contributed by atoms with Crippen LogP contribution in [0.2, 0.25) is 0 Å². The minimum Gasteiger partial charge on any atom is -0.496 e. The second-order valence-electron chi connectivity index (χ2n) is 5.87. The first-order valence-corrected chi connectivity index (χ1v) is 7.52. The van der Waals surface area contributed by atoms with Crippen molar-refractivity contribution >= 4 is 0 Å². The number of hydrogen-bond acceptors (Lipinski definition) is 3. The van der Waals surface area contributed by atoms with Gasteiger partial charge in [0.25, 0.3) is 0 Å². The Morgan fingerprint density at radius 1 is 1.20 bits per heavy atom. The van der Waals surface area contributed by atoms with Crippen molar-refractivity contribution in [1.29, 1.82) is 0 Å². The molecule has 1 aromatic carbocycles. The lowest BCUT2D eigenvalue weighted by Gasteiger charge is -2.26. The van der Waals surface area contributed by atoms with E-state index in [0.29, 0.717) is 12.0 Å². The first-order valence-electron chi connectivity index (χ1n) is 7.52. The van der Waals surface area contributed by atoms with Gasteiger partial charge in [-0.25, -0.2) is 0 Å². The molecule has 2 N–H and O–H groups in total. The van der Waals surface area contributed by atoms with E-state index >= 15 is 0 Å². The molecule has 0 spiro atoms. The van der Waals surface area contributed by atoms with Crippen LogP contribution < -0.4 is 10.1 Å². The van der Waals surface area contributed by atoms with Gasteiger partial charge in [-0.15, -0.1) is 0 Å². The Bertz CT molecular complexity index is 417. The molecule has 1 rings (SSSR count). The Kier molecular flexibility index (Phi) is 6.50. The molecule has 114 valence electrons. The van der Waals surface area contributed by atoms with Crippen LogP contribution in [0.4, 0.5) is 0 Å². The third-order valence-electron chi connectivity index (χ3n) is 3.87. The van der Waals surface area contributed by atoms with Crippen molar-refractivity contribution in [3.63, 3.8) is 0 Å². The van der Waals surface area contributed by atoms with Gasteiger partial charge in [0.2, 0.25) is 0 Å². The van der Waals surface area contributed by atoms with Gasteiger partial charge in [0, 0.05) is 17.6 Å². The summed E-state index contributed by atoms with van der Waals surface area (Å²) in [6.07, 6.45) is 0.470. The van der Waals surface area contributed by atoms with Crippen molar-refractivity contribution in [2.75, 3.05) is 7.11 Å². The van der Waals surface area contributed by atoms with Crippen molar-refractivity contribution in [3.8, 4) is 5.75 Å². The number of methoxy groups -OCH3 is 1. The van der Waals surface area contributed by atoms with Crippen LogP contribution in [0, 0.1) is 0 Å². The van der Waals surface area contributed by atoms with Crippen LogP contribution in [0.3, 0.4) is 0 Å². The van der Waals surface area contributed by atoms with Gasteiger partial charge < -0.3 is 15.2 Å². The summed E-state index contributed by atoms with van der Waals surface area (Å²) in [4.78, 5) is 0. The maximum absolute atomic E-state index is 10.6. The Balaban J connectivity index is 2.99. The van der Waals surface area contributed by atoms with E-state index in [1.807, 2.05) is 13.0 Å². The second kappa shape index (κ2) is 7.65. The molecular formula is C17H29NO2. The highest BCUT2D eigenvalue weighted by Crippen LogP contribution is 2.30. The number of aliphatic hydroxyl groups is 1. The molecule has 0 amide bonds. The Morgan fingerprint density at radius 3 is 2.35 bits per heavy atom. The first kappa shape index (κ1) is 17.0. The van der Waals surface area contributed by atoms with Crippen molar-refractivity contribution in [1.82, 2.24) is 5.32 Å². The van der Waals surface area contributed by atoms with E-state index in [4.69, 9.17) is 4.74 Å². The standard InChI is InChI=1S/C17H29NO2/c1-7-12(4)18-13(5)17(19)15-10-14(11(2)3)8-9-16(15)20-6/h8-13,17-19H,7H2,1-6H3. The highest BCUT2D eigenvalue weighted by atomic mass is 16.5. The SMILES string of the molecule is CCC(C)NC(C)C(O)c1cc(C(C)C)ccc1OC. The summed E-state index contributed by atoms with van der Waals surface area (Å²) in [5, 5.41) is 14.0. The van der Waals surface area contributed by atoms with Crippen molar-refractivity contribution < 1.29 is 9.84 Å². The number of benzene rings is 1. The largest absolute Gasteiger partial charge is 0.496 e. The molecule has 0 fully saturated rings. The molecule has 3 heteroatoms. The van der Waals surface area contributed by atoms with Crippen LogP contribution in [0.25, 0.3) is 0 Å². The summed E-state index contributed by atoms with van der Waals surface area (Å²) in [5.41, 5.74) is 2.08. The molecule has 0 aromatic heterocycles. The Labute approximate surface area is 123 Å². The summed E-state index contributed by atoms with van der Waals surface area (Å²) in [7, 11) is 1.65. The Morgan fingerprint density at radius 2 is 1.85 bits per heavy atom. The molecule has 3 unspecified atom stereocenters. The zero-order chi connectivity index (χ0) is 15.3. The number of nitrogens with one attached hydrogen (secondary N) is 1. The van der Waals surface area contributed by atoms with Crippen LogP contribution in [-0.4, -0.2) is 24.3 Å². The van der Waals surface area contributed by atoms with Crippen LogP contribution in [-0.2, 0) is 0 Å². The fraction of sp³-hybridized carbons (Fsp3) is 0.647.